The Labute approximate surface area is 136 Å². The zero-order valence-electron chi connectivity index (χ0n) is 12.7. The van der Waals surface area contributed by atoms with Crippen molar-refractivity contribution in [1.82, 2.24) is 14.8 Å². The monoisotopic (exact) mass is 323 g/mol. The molecule has 8 heteroatoms. The summed E-state index contributed by atoms with van der Waals surface area (Å²) in [6.45, 7) is 1.56. The maximum Gasteiger partial charge on any atom is 0.273 e. The topological polar surface area (TPSA) is 103 Å². The summed E-state index contributed by atoms with van der Waals surface area (Å²) in [4.78, 5) is 26.7. The Morgan fingerprint density at radius 2 is 1.96 bits per heavy atom. The third-order valence-electron chi connectivity index (χ3n) is 3.55. The summed E-state index contributed by atoms with van der Waals surface area (Å²) < 4.78 is 1.59. The lowest BCUT2D eigenvalue weighted by Crippen LogP contribution is -2.14. The molecule has 0 radical (unpaired) electrons. The largest absolute Gasteiger partial charge is 0.322 e. The van der Waals surface area contributed by atoms with Crippen molar-refractivity contribution in [2.24, 2.45) is 0 Å². The van der Waals surface area contributed by atoms with E-state index in [9.17, 15) is 14.9 Å². The molecule has 24 heavy (non-hydrogen) atoms. The number of carbonyl (C=O) groups is 1. The first kappa shape index (κ1) is 15.3. The molecule has 0 saturated carbocycles. The molecule has 0 aliphatic rings. The number of carbonyl (C=O) groups excluding carboxylic acids is 1. The smallest absolute Gasteiger partial charge is 0.273 e. The molecule has 0 aliphatic carbocycles. The van der Waals surface area contributed by atoms with Crippen LogP contribution in [-0.2, 0) is 0 Å². The maximum atomic E-state index is 12.4. The van der Waals surface area contributed by atoms with E-state index in [2.05, 4.69) is 15.4 Å². The van der Waals surface area contributed by atoms with E-state index in [1.54, 1.807) is 48.3 Å². The van der Waals surface area contributed by atoms with Gasteiger partial charge in [0, 0.05) is 22.9 Å². The molecule has 0 unspecified atom stereocenters. The highest BCUT2D eigenvalue weighted by molar-refractivity contribution is 6.05. The first-order valence-electron chi connectivity index (χ1n) is 7.06. The van der Waals surface area contributed by atoms with E-state index in [-0.39, 0.29) is 11.3 Å². The van der Waals surface area contributed by atoms with Crippen LogP contribution in [0.25, 0.3) is 5.69 Å². The molecule has 3 aromatic rings. The molecule has 2 aromatic carbocycles. The zero-order chi connectivity index (χ0) is 17.1. The Hall–Kier alpha value is -3.55. The number of hydrogen-bond acceptors (Lipinski definition) is 5. The molecule has 120 valence electrons. The predicted molar refractivity (Wildman–Crippen MR) is 87.1 cm³/mol. The minimum atomic E-state index is -0.501. The fourth-order valence-electron chi connectivity index (χ4n) is 2.30. The van der Waals surface area contributed by atoms with Crippen molar-refractivity contribution in [3.05, 3.63) is 76.4 Å². The van der Waals surface area contributed by atoms with Gasteiger partial charge in [-0.2, -0.15) is 5.10 Å². The van der Waals surface area contributed by atoms with Crippen LogP contribution < -0.4 is 5.32 Å². The quantitative estimate of drug-likeness (QED) is 0.587. The van der Waals surface area contributed by atoms with Gasteiger partial charge in [-0.05, 0) is 37.3 Å². The second-order valence-electron chi connectivity index (χ2n) is 5.05. The van der Waals surface area contributed by atoms with Gasteiger partial charge in [0.2, 0.25) is 0 Å². The van der Waals surface area contributed by atoms with E-state index in [1.165, 1.54) is 18.5 Å². The standard InChI is InChI=1S/C16H13N5O3/c1-11-14(3-2-4-15(11)21(23)24)16(22)19-12-5-7-13(8-6-12)20-10-17-9-18-20/h2-10H,1H3,(H,19,22). The SMILES string of the molecule is Cc1c(C(=O)Nc2ccc(-n3cncn3)cc2)cccc1[N+](=O)[O-]. The van der Waals surface area contributed by atoms with Gasteiger partial charge in [0.15, 0.2) is 0 Å². The van der Waals surface area contributed by atoms with E-state index in [4.69, 9.17) is 0 Å². The normalized spacial score (nSPS) is 10.4. The van der Waals surface area contributed by atoms with Crippen LogP contribution in [0.5, 0.6) is 0 Å². The van der Waals surface area contributed by atoms with Crippen molar-refractivity contribution in [3.8, 4) is 5.69 Å². The number of hydrogen-bond donors (Lipinski definition) is 1. The number of nitro groups is 1. The lowest BCUT2D eigenvalue weighted by atomic mass is 10.1. The Bertz CT molecular complexity index is 889. The minimum Gasteiger partial charge on any atom is -0.322 e. The minimum absolute atomic E-state index is 0.0795. The van der Waals surface area contributed by atoms with E-state index >= 15 is 0 Å². The summed E-state index contributed by atoms with van der Waals surface area (Å²) >= 11 is 0. The number of benzene rings is 2. The Balaban J connectivity index is 1.80. The number of nitrogens with one attached hydrogen (secondary N) is 1. The summed E-state index contributed by atoms with van der Waals surface area (Å²) in [6.07, 6.45) is 3.00. The highest BCUT2D eigenvalue weighted by atomic mass is 16.6. The van der Waals surface area contributed by atoms with Gasteiger partial charge < -0.3 is 5.32 Å². The molecule has 0 bridgehead atoms. The number of anilines is 1. The molecule has 0 saturated heterocycles. The van der Waals surface area contributed by atoms with Crippen molar-refractivity contribution in [2.75, 3.05) is 5.32 Å². The van der Waals surface area contributed by atoms with Gasteiger partial charge in [-0.1, -0.05) is 6.07 Å². The van der Waals surface area contributed by atoms with Gasteiger partial charge in [-0.3, -0.25) is 14.9 Å². The van der Waals surface area contributed by atoms with Crippen LogP contribution in [0.1, 0.15) is 15.9 Å². The van der Waals surface area contributed by atoms with Crippen molar-refractivity contribution in [3.63, 3.8) is 0 Å². The number of rotatable bonds is 4. The highest BCUT2D eigenvalue weighted by Gasteiger charge is 2.17. The van der Waals surface area contributed by atoms with Crippen LogP contribution in [0.2, 0.25) is 0 Å². The summed E-state index contributed by atoms with van der Waals surface area (Å²) in [5, 5.41) is 17.7. The van der Waals surface area contributed by atoms with Gasteiger partial charge in [0.05, 0.1) is 10.6 Å². The molecule has 8 nitrogen and oxygen atoms in total. The average molecular weight is 323 g/mol. The lowest BCUT2D eigenvalue weighted by molar-refractivity contribution is -0.385. The van der Waals surface area contributed by atoms with Crippen molar-refractivity contribution < 1.29 is 9.72 Å². The van der Waals surface area contributed by atoms with E-state index in [0.717, 1.165) is 5.69 Å². The molecule has 1 N–H and O–H groups in total. The molecule has 0 aliphatic heterocycles. The molecule has 0 atom stereocenters. The predicted octanol–water partition coefficient (Wildman–Crippen LogP) is 2.74. The number of amides is 1. The average Bonchev–Trinajstić information content (AvgIpc) is 3.10. The first-order chi connectivity index (χ1) is 11.6. The van der Waals surface area contributed by atoms with Crippen LogP contribution in [0.4, 0.5) is 11.4 Å². The van der Waals surface area contributed by atoms with E-state index < -0.39 is 10.8 Å². The molecule has 0 fully saturated rings. The lowest BCUT2D eigenvalue weighted by Gasteiger charge is -2.08. The summed E-state index contributed by atoms with van der Waals surface area (Å²) in [5.74, 6) is -0.398. The molecule has 1 heterocycles. The Kier molecular flexibility index (Phi) is 4.02. The van der Waals surface area contributed by atoms with Crippen LogP contribution in [-0.4, -0.2) is 25.6 Å². The van der Waals surface area contributed by atoms with Crippen molar-refractivity contribution >= 4 is 17.3 Å². The van der Waals surface area contributed by atoms with Crippen LogP contribution in [0, 0.1) is 17.0 Å². The van der Waals surface area contributed by atoms with Gasteiger partial charge in [-0.15, -0.1) is 0 Å². The highest BCUT2D eigenvalue weighted by Crippen LogP contribution is 2.22. The van der Waals surface area contributed by atoms with Gasteiger partial charge in [0.1, 0.15) is 12.7 Å². The third-order valence-corrected chi connectivity index (χ3v) is 3.55. The maximum absolute atomic E-state index is 12.4. The first-order valence-corrected chi connectivity index (χ1v) is 7.06. The van der Waals surface area contributed by atoms with Crippen LogP contribution in [0.15, 0.2) is 55.1 Å². The number of aromatic nitrogens is 3. The van der Waals surface area contributed by atoms with Gasteiger partial charge in [0.25, 0.3) is 11.6 Å². The second-order valence-corrected chi connectivity index (χ2v) is 5.05. The Morgan fingerprint density at radius 1 is 1.21 bits per heavy atom. The van der Waals surface area contributed by atoms with Crippen molar-refractivity contribution in [2.45, 2.75) is 6.92 Å². The Morgan fingerprint density at radius 3 is 2.58 bits per heavy atom. The van der Waals surface area contributed by atoms with Crippen LogP contribution in [0.3, 0.4) is 0 Å². The van der Waals surface area contributed by atoms with Crippen molar-refractivity contribution in [1.29, 1.82) is 0 Å². The van der Waals surface area contributed by atoms with E-state index in [0.29, 0.717) is 11.3 Å². The number of nitrogens with zero attached hydrogens (tertiary/aromatic N) is 4. The zero-order valence-corrected chi connectivity index (χ0v) is 12.7. The van der Waals surface area contributed by atoms with Gasteiger partial charge in [-0.25, -0.2) is 9.67 Å². The summed E-state index contributed by atoms with van der Waals surface area (Å²) in [5.41, 5.74) is 1.90. The summed E-state index contributed by atoms with van der Waals surface area (Å²) in [7, 11) is 0. The fraction of sp³-hybridized carbons (Fsp3) is 0.0625. The molecule has 3 rings (SSSR count). The van der Waals surface area contributed by atoms with E-state index in [1.807, 2.05) is 0 Å². The number of nitro benzene ring substituents is 1. The molecule has 1 aromatic heterocycles. The molecular weight excluding hydrogens is 310 g/mol. The third kappa shape index (κ3) is 2.98. The second kappa shape index (κ2) is 6.29. The summed E-state index contributed by atoms with van der Waals surface area (Å²) in [6, 6.07) is 11.4. The van der Waals surface area contributed by atoms with Crippen LogP contribution >= 0.6 is 0 Å². The fourth-order valence-corrected chi connectivity index (χ4v) is 2.30. The molecule has 0 spiro atoms. The molecular formula is C16H13N5O3. The molecule has 1 amide bonds. The van der Waals surface area contributed by atoms with Gasteiger partial charge >= 0.3 is 0 Å².